The zero-order valence-electron chi connectivity index (χ0n) is 12.6. The van der Waals surface area contributed by atoms with Crippen LogP contribution in [-0.4, -0.2) is 19.5 Å². The number of rotatable bonds is 3. The van der Waals surface area contributed by atoms with Gasteiger partial charge in [0, 0.05) is 11.6 Å². The van der Waals surface area contributed by atoms with Crippen LogP contribution in [0.2, 0.25) is 0 Å². The summed E-state index contributed by atoms with van der Waals surface area (Å²) in [5, 5.41) is 5.05. The quantitative estimate of drug-likeness (QED) is 0.687. The first kappa shape index (κ1) is 14.1. The molecule has 0 aliphatic rings. The van der Waals surface area contributed by atoms with Gasteiger partial charge in [0.1, 0.15) is 0 Å². The Kier molecular flexibility index (Phi) is 3.49. The Morgan fingerprint density at radius 1 is 1.29 bits per heavy atom. The van der Waals surface area contributed by atoms with E-state index in [1.54, 1.807) is 11.8 Å². The molecule has 0 aliphatic carbocycles. The van der Waals surface area contributed by atoms with E-state index in [4.69, 9.17) is 4.52 Å². The van der Waals surface area contributed by atoms with Crippen LogP contribution in [-0.2, 0) is 5.41 Å². The average molecular weight is 302 g/mol. The van der Waals surface area contributed by atoms with Crippen molar-refractivity contribution in [3.63, 3.8) is 0 Å². The van der Waals surface area contributed by atoms with Crippen molar-refractivity contribution in [2.75, 3.05) is 0 Å². The monoisotopic (exact) mass is 302 g/mol. The molecule has 3 aromatic heterocycles. The van der Waals surface area contributed by atoms with Crippen LogP contribution in [0.3, 0.4) is 0 Å². The van der Waals surface area contributed by atoms with Gasteiger partial charge in [-0.25, -0.2) is 4.98 Å². The summed E-state index contributed by atoms with van der Waals surface area (Å²) >= 11 is 1.61. The van der Waals surface area contributed by atoms with Gasteiger partial charge in [-0.1, -0.05) is 43.8 Å². The summed E-state index contributed by atoms with van der Waals surface area (Å²) < 4.78 is 7.45. The highest BCUT2D eigenvalue weighted by Crippen LogP contribution is 2.34. The van der Waals surface area contributed by atoms with Crippen LogP contribution in [0.25, 0.3) is 5.52 Å². The molecule has 0 bridgehead atoms. The average Bonchev–Trinajstić information content (AvgIpc) is 3.05. The van der Waals surface area contributed by atoms with Crippen LogP contribution in [0.4, 0.5) is 0 Å². The van der Waals surface area contributed by atoms with Crippen LogP contribution in [0.15, 0.2) is 40.3 Å². The first-order valence-electron chi connectivity index (χ1n) is 6.88. The minimum Gasteiger partial charge on any atom is -0.338 e. The molecule has 0 N–H and O–H groups in total. The zero-order chi connectivity index (χ0) is 15.0. The van der Waals surface area contributed by atoms with E-state index in [1.165, 1.54) is 0 Å². The lowest BCUT2D eigenvalue weighted by atomic mass is 9.96. The van der Waals surface area contributed by atoms with Crippen molar-refractivity contribution >= 4 is 17.3 Å². The van der Waals surface area contributed by atoms with Gasteiger partial charge in [0.25, 0.3) is 0 Å². The first-order chi connectivity index (χ1) is 9.95. The normalized spacial score (nSPS) is 13.7. The maximum atomic E-state index is 5.39. The summed E-state index contributed by atoms with van der Waals surface area (Å²) in [5.74, 6) is 1.37. The van der Waals surface area contributed by atoms with Gasteiger partial charge in [-0.05, 0) is 19.1 Å². The molecule has 0 radical (unpaired) electrons. The van der Waals surface area contributed by atoms with Gasteiger partial charge in [0.2, 0.25) is 5.89 Å². The highest BCUT2D eigenvalue weighted by atomic mass is 32.2. The third-order valence-electron chi connectivity index (χ3n) is 3.15. The predicted octanol–water partition coefficient (Wildman–Crippen LogP) is 3.87. The van der Waals surface area contributed by atoms with Crippen LogP contribution in [0, 0.1) is 0 Å². The minimum absolute atomic E-state index is 0.0550. The van der Waals surface area contributed by atoms with E-state index in [-0.39, 0.29) is 10.7 Å². The summed E-state index contributed by atoms with van der Waals surface area (Å²) in [6.07, 6.45) is 3.87. The molecule has 5 nitrogen and oxygen atoms in total. The summed E-state index contributed by atoms with van der Waals surface area (Å²) in [7, 11) is 0. The molecule has 3 heterocycles. The van der Waals surface area contributed by atoms with Crippen LogP contribution in [0.5, 0.6) is 0 Å². The zero-order valence-corrected chi connectivity index (χ0v) is 13.4. The number of nitrogens with zero attached hydrogens (tertiary/aromatic N) is 4. The van der Waals surface area contributed by atoms with E-state index in [9.17, 15) is 0 Å². The van der Waals surface area contributed by atoms with Gasteiger partial charge in [-0.3, -0.25) is 4.40 Å². The molecule has 1 atom stereocenters. The number of aromatic nitrogens is 4. The van der Waals surface area contributed by atoms with Gasteiger partial charge < -0.3 is 4.52 Å². The van der Waals surface area contributed by atoms with Crippen molar-refractivity contribution in [3.05, 3.63) is 42.3 Å². The molecule has 0 spiro atoms. The van der Waals surface area contributed by atoms with Crippen molar-refractivity contribution in [1.29, 1.82) is 0 Å². The summed E-state index contributed by atoms with van der Waals surface area (Å²) in [5.41, 5.74) is 0.972. The highest BCUT2D eigenvalue weighted by molar-refractivity contribution is 7.99. The SMILES string of the molecule is CC(Sc1ncc2ccccn12)c1nc(C(C)(C)C)no1. The van der Waals surface area contributed by atoms with Crippen molar-refractivity contribution < 1.29 is 4.52 Å². The van der Waals surface area contributed by atoms with E-state index in [0.717, 1.165) is 16.5 Å². The van der Waals surface area contributed by atoms with E-state index in [0.29, 0.717) is 5.89 Å². The molecule has 3 rings (SSSR count). The molecule has 3 aromatic rings. The standard InChI is InChI=1S/C15H18N4OS/c1-10(12-17-13(18-20-12)15(2,3)4)21-14-16-9-11-7-5-6-8-19(11)14/h5-10H,1-4H3. The Morgan fingerprint density at radius 3 is 2.81 bits per heavy atom. The second-order valence-corrected chi connectivity index (χ2v) is 7.31. The number of hydrogen-bond donors (Lipinski definition) is 0. The lowest BCUT2D eigenvalue weighted by Gasteiger charge is -2.11. The molecule has 0 aromatic carbocycles. The summed E-state index contributed by atoms with van der Waals surface area (Å²) in [6, 6.07) is 6.03. The number of fused-ring (bicyclic) bond motifs is 1. The van der Waals surface area contributed by atoms with E-state index in [1.807, 2.05) is 30.6 Å². The molecule has 21 heavy (non-hydrogen) atoms. The molecule has 1 unspecified atom stereocenters. The molecule has 0 saturated heterocycles. The van der Waals surface area contributed by atoms with Crippen molar-refractivity contribution in [2.24, 2.45) is 0 Å². The number of thioether (sulfide) groups is 1. The molecule has 0 aliphatic heterocycles. The van der Waals surface area contributed by atoms with E-state index < -0.39 is 0 Å². The predicted molar refractivity (Wildman–Crippen MR) is 82.5 cm³/mol. The third-order valence-corrected chi connectivity index (χ3v) is 4.22. The number of imidazole rings is 1. The molecule has 6 heteroatoms. The summed E-state index contributed by atoms with van der Waals surface area (Å²) in [4.78, 5) is 8.96. The minimum atomic E-state index is -0.105. The maximum Gasteiger partial charge on any atom is 0.239 e. The first-order valence-corrected chi connectivity index (χ1v) is 7.76. The number of hydrogen-bond acceptors (Lipinski definition) is 5. The fourth-order valence-corrected chi connectivity index (χ4v) is 2.83. The number of pyridine rings is 1. The van der Waals surface area contributed by atoms with Crippen LogP contribution >= 0.6 is 11.8 Å². The molecule has 0 saturated carbocycles. The molecular formula is C15H18N4OS. The van der Waals surface area contributed by atoms with Gasteiger partial charge >= 0.3 is 0 Å². The lowest BCUT2D eigenvalue weighted by molar-refractivity contribution is 0.364. The Hall–Kier alpha value is -1.82. The van der Waals surface area contributed by atoms with E-state index in [2.05, 4.69) is 47.2 Å². The van der Waals surface area contributed by atoms with Crippen LogP contribution in [0.1, 0.15) is 44.7 Å². The third kappa shape index (κ3) is 2.81. The van der Waals surface area contributed by atoms with Gasteiger partial charge in [-0.2, -0.15) is 4.98 Å². The molecule has 0 amide bonds. The van der Waals surface area contributed by atoms with Crippen molar-refractivity contribution in [2.45, 2.75) is 43.5 Å². The fraction of sp³-hybridized carbons (Fsp3) is 0.400. The Balaban J connectivity index is 1.83. The second-order valence-electron chi connectivity index (χ2n) is 6.00. The van der Waals surface area contributed by atoms with Crippen molar-refractivity contribution in [3.8, 4) is 0 Å². The molecule has 0 fully saturated rings. The Morgan fingerprint density at radius 2 is 2.10 bits per heavy atom. The van der Waals surface area contributed by atoms with Crippen molar-refractivity contribution in [1.82, 2.24) is 19.5 Å². The topological polar surface area (TPSA) is 56.2 Å². The van der Waals surface area contributed by atoms with E-state index >= 15 is 0 Å². The second kappa shape index (κ2) is 5.18. The largest absolute Gasteiger partial charge is 0.338 e. The molecular weight excluding hydrogens is 284 g/mol. The van der Waals surface area contributed by atoms with Gasteiger partial charge in [0.15, 0.2) is 11.0 Å². The fourth-order valence-electron chi connectivity index (χ4n) is 1.92. The lowest BCUT2D eigenvalue weighted by Crippen LogP contribution is -2.13. The smallest absolute Gasteiger partial charge is 0.239 e. The Labute approximate surface area is 127 Å². The highest BCUT2D eigenvalue weighted by Gasteiger charge is 2.24. The molecule has 110 valence electrons. The summed E-state index contributed by atoms with van der Waals surface area (Å²) in [6.45, 7) is 8.26. The maximum absolute atomic E-state index is 5.39. The Bertz CT molecular complexity index is 756. The van der Waals surface area contributed by atoms with Gasteiger partial charge in [-0.15, -0.1) is 0 Å². The van der Waals surface area contributed by atoms with Crippen LogP contribution < -0.4 is 0 Å². The van der Waals surface area contributed by atoms with Gasteiger partial charge in [0.05, 0.1) is 17.0 Å².